The highest BCUT2D eigenvalue weighted by molar-refractivity contribution is 5.99. The largest absolute Gasteiger partial charge is 0.381 e. The highest BCUT2D eigenvalue weighted by atomic mass is 16.5. The molecule has 2 saturated heterocycles. The number of nitrogens with one attached hydrogen (secondary N) is 1. The number of aromatic nitrogens is 2. The smallest absolute Gasteiger partial charge is 0.329 e. The van der Waals surface area contributed by atoms with Gasteiger partial charge in [-0.3, -0.25) is 13.9 Å². The Morgan fingerprint density at radius 3 is 2.24 bits per heavy atom. The Bertz CT molecular complexity index is 1140. The molecule has 7 heteroatoms. The first-order chi connectivity index (χ1) is 16.2. The van der Waals surface area contributed by atoms with Gasteiger partial charge in [0, 0.05) is 51.0 Å². The maximum absolute atomic E-state index is 14.0. The van der Waals surface area contributed by atoms with E-state index in [0.717, 1.165) is 42.8 Å². The van der Waals surface area contributed by atoms with E-state index in [1.54, 1.807) is 4.57 Å². The van der Waals surface area contributed by atoms with Gasteiger partial charge in [-0.2, -0.15) is 0 Å². The van der Waals surface area contributed by atoms with Gasteiger partial charge in [0.25, 0.3) is 5.91 Å². The topological polar surface area (TPSA) is 68.5 Å². The molecular formula is C26H30N4O3. The number of nitrogens with zero attached hydrogens (tertiary/aromatic N) is 3. The summed E-state index contributed by atoms with van der Waals surface area (Å²) in [5, 5.41) is 3.31. The summed E-state index contributed by atoms with van der Waals surface area (Å²) in [5.41, 5.74) is 2.99. The molecule has 5 rings (SSSR count). The Morgan fingerprint density at radius 1 is 0.939 bits per heavy atom. The molecule has 1 amide bonds. The quantitative estimate of drug-likeness (QED) is 0.655. The Hall–Kier alpha value is -3.16. The number of hydrogen-bond donors (Lipinski definition) is 1. The first-order valence-electron chi connectivity index (χ1n) is 11.8. The number of carbonyl (C=O) groups excluding carboxylic acids is 1. The lowest BCUT2D eigenvalue weighted by atomic mass is 10.0. The summed E-state index contributed by atoms with van der Waals surface area (Å²) >= 11 is 0. The van der Waals surface area contributed by atoms with E-state index >= 15 is 0 Å². The van der Waals surface area contributed by atoms with Gasteiger partial charge >= 0.3 is 5.69 Å². The molecule has 0 saturated carbocycles. The molecule has 3 heterocycles. The molecule has 7 nitrogen and oxygen atoms in total. The third kappa shape index (κ3) is 4.38. The number of imidazole rings is 1. The van der Waals surface area contributed by atoms with E-state index in [-0.39, 0.29) is 17.6 Å². The molecule has 2 fully saturated rings. The Kier molecular flexibility index (Phi) is 6.41. The van der Waals surface area contributed by atoms with Gasteiger partial charge in [-0.05, 0) is 18.4 Å². The van der Waals surface area contributed by atoms with Crippen LogP contribution in [0, 0.1) is 0 Å². The lowest BCUT2D eigenvalue weighted by molar-refractivity contribution is 0.0689. The summed E-state index contributed by atoms with van der Waals surface area (Å²) in [5.74, 6) is -0.0748. The number of hydrogen-bond acceptors (Lipinski definition) is 4. The van der Waals surface area contributed by atoms with Crippen molar-refractivity contribution in [2.75, 3.05) is 39.4 Å². The molecular weight excluding hydrogens is 416 g/mol. The Morgan fingerprint density at radius 2 is 1.58 bits per heavy atom. The van der Waals surface area contributed by atoms with Gasteiger partial charge < -0.3 is 15.0 Å². The zero-order valence-electron chi connectivity index (χ0n) is 18.8. The standard InChI is InChI=1S/C26H30N4O3/c31-25(28-15-13-27-14-16-28)24-23(21-9-5-2-6-10-21)30(22-11-17-33-18-12-22)26(32)29(24)19-20-7-3-1-4-8-20/h1-10,22,27H,11-19H2. The van der Waals surface area contributed by atoms with Gasteiger partial charge in [0.15, 0.2) is 0 Å². The molecule has 0 radical (unpaired) electrons. The SMILES string of the molecule is O=C(c1c(-c2ccccc2)n(C2CCOCC2)c(=O)n1Cc1ccccc1)N1CCNCC1. The van der Waals surface area contributed by atoms with Crippen LogP contribution in [0.1, 0.15) is 34.9 Å². The second-order valence-corrected chi connectivity index (χ2v) is 8.67. The van der Waals surface area contributed by atoms with Crippen LogP contribution in [-0.2, 0) is 11.3 Å². The minimum absolute atomic E-state index is 0.00746. The summed E-state index contributed by atoms with van der Waals surface area (Å²) in [7, 11) is 0. The Labute approximate surface area is 193 Å². The van der Waals surface area contributed by atoms with Gasteiger partial charge in [-0.15, -0.1) is 0 Å². The third-order valence-corrected chi connectivity index (χ3v) is 6.57. The summed E-state index contributed by atoms with van der Waals surface area (Å²) in [6, 6.07) is 19.8. The number of carbonyl (C=O) groups is 1. The van der Waals surface area contributed by atoms with Crippen molar-refractivity contribution in [3.63, 3.8) is 0 Å². The van der Waals surface area contributed by atoms with Crippen LogP contribution in [0.3, 0.4) is 0 Å². The zero-order valence-corrected chi connectivity index (χ0v) is 18.8. The number of ether oxygens (including phenoxy) is 1. The van der Waals surface area contributed by atoms with Crippen molar-refractivity contribution in [2.45, 2.75) is 25.4 Å². The normalized spacial score (nSPS) is 17.3. The molecule has 0 bridgehead atoms. The van der Waals surface area contributed by atoms with Crippen molar-refractivity contribution >= 4 is 5.91 Å². The van der Waals surface area contributed by atoms with Crippen molar-refractivity contribution in [2.24, 2.45) is 0 Å². The van der Waals surface area contributed by atoms with Crippen LogP contribution in [0.25, 0.3) is 11.3 Å². The van der Waals surface area contributed by atoms with Crippen LogP contribution in [-0.4, -0.2) is 59.3 Å². The molecule has 1 N–H and O–H groups in total. The number of rotatable bonds is 5. The summed E-state index contributed by atoms with van der Waals surface area (Å²) in [6.45, 7) is 4.39. The van der Waals surface area contributed by atoms with E-state index in [1.165, 1.54) is 0 Å². The van der Waals surface area contributed by atoms with Gasteiger partial charge in [0.2, 0.25) is 0 Å². The van der Waals surface area contributed by atoms with Gasteiger partial charge in [-0.25, -0.2) is 4.79 Å². The molecule has 0 aliphatic carbocycles. The predicted molar refractivity (Wildman–Crippen MR) is 128 cm³/mol. The highest BCUT2D eigenvalue weighted by Gasteiger charge is 2.33. The Balaban J connectivity index is 1.72. The molecule has 1 aromatic heterocycles. The minimum Gasteiger partial charge on any atom is -0.381 e. The third-order valence-electron chi connectivity index (χ3n) is 6.57. The second kappa shape index (κ2) is 9.77. The predicted octanol–water partition coefficient (Wildman–Crippen LogP) is 2.76. The molecule has 2 aliphatic heterocycles. The number of benzene rings is 2. The molecule has 33 heavy (non-hydrogen) atoms. The van der Waals surface area contributed by atoms with Crippen molar-refractivity contribution in [3.05, 3.63) is 82.4 Å². The first-order valence-corrected chi connectivity index (χ1v) is 11.8. The van der Waals surface area contributed by atoms with Crippen LogP contribution in [0.2, 0.25) is 0 Å². The van der Waals surface area contributed by atoms with Crippen LogP contribution in [0.15, 0.2) is 65.5 Å². The molecule has 3 aromatic rings. The van der Waals surface area contributed by atoms with Crippen molar-refractivity contribution in [1.82, 2.24) is 19.4 Å². The van der Waals surface area contributed by atoms with Crippen LogP contribution >= 0.6 is 0 Å². The van der Waals surface area contributed by atoms with E-state index in [2.05, 4.69) is 5.32 Å². The highest BCUT2D eigenvalue weighted by Crippen LogP contribution is 2.31. The van der Waals surface area contributed by atoms with Crippen molar-refractivity contribution in [3.8, 4) is 11.3 Å². The van der Waals surface area contributed by atoms with Gasteiger partial charge in [0.1, 0.15) is 5.69 Å². The van der Waals surface area contributed by atoms with E-state index in [0.29, 0.717) is 38.5 Å². The lowest BCUT2D eigenvalue weighted by Gasteiger charge is -2.28. The maximum Gasteiger partial charge on any atom is 0.329 e. The molecule has 0 unspecified atom stereocenters. The summed E-state index contributed by atoms with van der Waals surface area (Å²) in [6.07, 6.45) is 1.52. The van der Waals surface area contributed by atoms with Crippen molar-refractivity contribution < 1.29 is 9.53 Å². The molecule has 2 aliphatic rings. The molecule has 0 atom stereocenters. The van der Waals surface area contributed by atoms with Crippen LogP contribution in [0.5, 0.6) is 0 Å². The monoisotopic (exact) mass is 446 g/mol. The molecule has 172 valence electrons. The second-order valence-electron chi connectivity index (χ2n) is 8.67. The van der Waals surface area contributed by atoms with Crippen LogP contribution in [0.4, 0.5) is 0 Å². The fourth-order valence-corrected chi connectivity index (χ4v) is 4.86. The fourth-order valence-electron chi connectivity index (χ4n) is 4.86. The fraction of sp³-hybridized carbons (Fsp3) is 0.385. The first kappa shape index (κ1) is 21.7. The van der Waals surface area contributed by atoms with E-state index in [4.69, 9.17) is 4.74 Å². The van der Waals surface area contributed by atoms with Gasteiger partial charge in [-0.1, -0.05) is 60.7 Å². The minimum atomic E-state index is -0.122. The van der Waals surface area contributed by atoms with Crippen molar-refractivity contribution in [1.29, 1.82) is 0 Å². The molecule has 0 spiro atoms. The average molecular weight is 447 g/mol. The number of piperazine rings is 1. The maximum atomic E-state index is 14.0. The molecule has 2 aromatic carbocycles. The summed E-state index contributed by atoms with van der Waals surface area (Å²) < 4.78 is 9.14. The van der Waals surface area contributed by atoms with Gasteiger partial charge in [0.05, 0.1) is 12.2 Å². The average Bonchev–Trinajstić information content (AvgIpc) is 3.17. The lowest BCUT2D eigenvalue weighted by Crippen LogP contribution is -2.47. The van der Waals surface area contributed by atoms with E-state index in [1.807, 2.05) is 70.1 Å². The van der Waals surface area contributed by atoms with Crippen LogP contribution < -0.4 is 11.0 Å². The van der Waals surface area contributed by atoms with E-state index < -0.39 is 0 Å². The van der Waals surface area contributed by atoms with E-state index in [9.17, 15) is 9.59 Å². The summed E-state index contributed by atoms with van der Waals surface area (Å²) in [4.78, 5) is 29.8. The zero-order chi connectivity index (χ0) is 22.6. The number of amides is 1.